The van der Waals surface area contributed by atoms with Crippen molar-refractivity contribution >= 4 is 5.91 Å². The summed E-state index contributed by atoms with van der Waals surface area (Å²) in [6.45, 7) is 3.31. The molecular formula is C12H13FN2O. The van der Waals surface area contributed by atoms with Gasteiger partial charge in [0.2, 0.25) is 5.95 Å². The lowest BCUT2D eigenvalue weighted by Gasteiger charge is -2.27. The van der Waals surface area contributed by atoms with Crippen LogP contribution in [-0.2, 0) is 0 Å². The van der Waals surface area contributed by atoms with Crippen LogP contribution in [0.15, 0.2) is 30.5 Å². The molecule has 1 amide bonds. The Morgan fingerprint density at radius 2 is 2.44 bits per heavy atom. The van der Waals surface area contributed by atoms with Crippen molar-refractivity contribution in [2.45, 2.75) is 6.92 Å². The van der Waals surface area contributed by atoms with Gasteiger partial charge in [-0.25, -0.2) is 4.98 Å². The van der Waals surface area contributed by atoms with Crippen LogP contribution in [0.2, 0.25) is 0 Å². The zero-order valence-electron chi connectivity index (χ0n) is 9.06. The van der Waals surface area contributed by atoms with E-state index in [1.54, 1.807) is 4.90 Å². The van der Waals surface area contributed by atoms with Crippen LogP contribution in [-0.4, -0.2) is 28.9 Å². The van der Waals surface area contributed by atoms with E-state index in [1.165, 1.54) is 18.3 Å². The van der Waals surface area contributed by atoms with E-state index in [2.05, 4.69) is 11.1 Å². The lowest BCUT2D eigenvalue weighted by Crippen LogP contribution is -2.36. The molecule has 0 saturated carbocycles. The summed E-state index contributed by atoms with van der Waals surface area (Å²) in [6, 6.07) is 2.71. The highest BCUT2D eigenvalue weighted by atomic mass is 19.1. The summed E-state index contributed by atoms with van der Waals surface area (Å²) in [6.07, 6.45) is 5.35. The molecule has 0 aromatic carbocycles. The summed E-state index contributed by atoms with van der Waals surface area (Å²) in [5, 5.41) is 0. The molecule has 4 heteroatoms. The quantitative estimate of drug-likeness (QED) is 0.534. The largest absolute Gasteiger partial charge is 0.334 e. The molecular weight excluding hydrogens is 207 g/mol. The van der Waals surface area contributed by atoms with E-state index < -0.39 is 5.95 Å². The molecule has 0 saturated heterocycles. The third-order valence-electron chi connectivity index (χ3n) is 2.56. The Kier molecular flexibility index (Phi) is 2.99. The Morgan fingerprint density at radius 1 is 1.62 bits per heavy atom. The highest BCUT2D eigenvalue weighted by Gasteiger charge is 2.19. The second kappa shape index (κ2) is 4.43. The zero-order valence-corrected chi connectivity index (χ0v) is 9.06. The van der Waals surface area contributed by atoms with E-state index in [1.807, 2.05) is 13.0 Å². The number of carbonyl (C=O) groups is 1. The fraction of sp³-hybridized carbons (Fsp3) is 0.333. The van der Waals surface area contributed by atoms with Gasteiger partial charge in [-0.15, -0.1) is 0 Å². The molecule has 16 heavy (non-hydrogen) atoms. The molecule has 1 aromatic rings. The maximum Gasteiger partial charge on any atom is 0.254 e. The fourth-order valence-electron chi connectivity index (χ4n) is 1.79. The standard InChI is InChI=1S/C12H13FN2O/c1-9-3-2-6-15(8-9)12(16)10-4-5-14-11(13)7-10/h2-5,7,9H,6,8H2,1H3. The monoisotopic (exact) mass is 220 g/mol. The van der Waals surface area contributed by atoms with Gasteiger partial charge >= 0.3 is 0 Å². The van der Waals surface area contributed by atoms with Gasteiger partial charge < -0.3 is 4.90 Å². The van der Waals surface area contributed by atoms with Crippen LogP contribution in [0.1, 0.15) is 17.3 Å². The molecule has 1 atom stereocenters. The number of halogens is 1. The first kappa shape index (κ1) is 10.8. The number of nitrogens with zero attached hydrogens (tertiary/aromatic N) is 2. The summed E-state index contributed by atoms with van der Waals surface area (Å²) in [5.74, 6) is -0.409. The van der Waals surface area contributed by atoms with Crippen LogP contribution in [0.3, 0.4) is 0 Å². The molecule has 0 bridgehead atoms. The van der Waals surface area contributed by atoms with Gasteiger partial charge in [0.1, 0.15) is 0 Å². The minimum Gasteiger partial charge on any atom is -0.334 e. The van der Waals surface area contributed by atoms with Gasteiger partial charge in [0, 0.05) is 30.9 Å². The molecule has 1 aliphatic heterocycles. The molecule has 1 aromatic heterocycles. The summed E-state index contributed by atoms with van der Waals surface area (Å²) < 4.78 is 12.9. The second-order valence-electron chi connectivity index (χ2n) is 3.98. The Hall–Kier alpha value is -1.71. The molecule has 2 heterocycles. The maximum atomic E-state index is 12.9. The molecule has 0 fully saturated rings. The van der Waals surface area contributed by atoms with Gasteiger partial charge in [-0.2, -0.15) is 4.39 Å². The van der Waals surface area contributed by atoms with E-state index in [0.29, 0.717) is 24.6 Å². The maximum absolute atomic E-state index is 12.9. The number of carbonyl (C=O) groups excluding carboxylic acids is 1. The Balaban J connectivity index is 2.16. The van der Waals surface area contributed by atoms with Crippen molar-refractivity contribution in [3.8, 4) is 0 Å². The van der Waals surface area contributed by atoms with Crippen LogP contribution in [0.25, 0.3) is 0 Å². The molecule has 3 nitrogen and oxygen atoms in total. The average molecular weight is 220 g/mol. The average Bonchev–Trinajstić information content (AvgIpc) is 2.28. The molecule has 2 rings (SSSR count). The van der Waals surface area contributed by atoms with Gasteiger partial charge in [-0.3, -0.25) is 4.79 Å². The highest BCUT2D eigenvalue weighted by Crippen LogP contribution is 2.12. The van der Waals surface area contributed by atoms with Crippen molar-refractivity contribution in [1.29, 1.82) is 0 Å². The topological polar surface area (TPSA) is 33.2 Å². The summed E-state index contributed by atoms with van der Waals surface area (Å²) in [5.41, 5.74) is 0.356. The van der Waals surface area contributed by atoms with Crippen molar-refractivity contribution < 1.29 is 9.18 Å². The van der Waals surface area contributed by atoms with Gasteiger partial charge in [0.15, 0.2) is 0 Å². The molecule has 0 N–H and O–H groups in total. The normalized spacial score (nSPS) is 19.9. The van der Waals surface area contributed by atoms with Crippen molar-refractivity contribution in [3.05, 3.63) is 42.0 Å². The smallest absolute Gasteiger partial charge is 0.254 e. The summed E-state index contributed by atoms with van der Waals surface area (Å²) >= 11 is 0. The zero-order chi connectivity index (χ0) is 11.5. The van der Waals surface area contributed by atoms with Gasteiger partial charge in [0.05, 0.1) is 0 Å². The number of pyridine rings is 1. The lowest BCUT2D eigenvalue weighted by molar-refractivity contribution is 0.0752. The van der Waals surface area contributed by atoms with Crippen LogP contribution in [0, 0.1) is 11.9 Å². The first-order valence-corrected chi connectivity index (χ1v) is 5.24. The molecule has 1 unspecified atom stereocenters. The molecule has 0 aliphatic carbocycles. The first-order valence-electron chi connectivity index (χ1n) is 5.24. The predicted octanol–water partition coefficient (Wildman–Crippen LogP) is 1.87. The van der Waals surface area contributed by atoms with Gasteiger partial charge in [-0.05, 0) is 12.0 Å². The van der Waals surface area contributed by atoms with E-state index in [0.717, 1.165) is 0 Å². The van der Waals surface area contributed by atoms with E-state index in [9.17, 15) is 9.18 Å². The lowest BCUT2D eigenvalue weighted by atomic mass is 10.1. The van der Waals surface area contributed by atoms with Crippen molar-refractivity contribution in [1.82, 2.24) is 9.88 Å². The predicted molar refractivity (Wildman–Crippen MR) is 58.4 cm³/mol. The number of hydrogen-bond acceptors (Lipinski definition) is 2. The van der Waals surface area contributed by atoms with Crippen LogP contribution < -0.4 is 0 Å². The Labute approximate surface area is 93.6 Å². The van der Waals surface area contributed by atoms with Crippen LogP contribution >= 0.6 is 0 Å². The van der Waals surface area contributed by atoms with Gasteiger partial charge in [-0.1, -0.05) is 19.1 Å². The van der Waals surface area contributed by atoms with E-state index >= 15 is 0 Å². The van der Waals surface area contributed by atoms with Gasteiger partial charge in [0.25, 0.3) is 5.91 Å². The third kappa shape index (κ3) is 2.27. The minimum absolute atomic E-state index is 0.141. The number of aromatic nitrogens is 1. The third-order valence-corrected chi connectivity index (χ3v) is 2.56. The van der Waals surface area contributed by atoms with E-state index in [4.69, 9.17) is 0 Å². The Morgan fingerprint density at radius 3 is 3.12 bits per heavy atom. The van der Waals surface area contributed by atoms with E-state index in [-0.39, 0.29) is 5.91 Å². The SMILES string of the molecule is CC1C=CCN(C(=O)c2ccnc(F)c2)C1. The summed E-state index contributed by atoms with van der Waals surface area (Å²) in [4.78, 5) is 17.1. The number of hydrogen-bond donors (Lipinski definition) is 0. The fourth-order valence-corrected chi connectivity index (χ4v) is 1.79. The highest BCUT2D eigenvalue weighted by molar-refractivity contribution is 5.94. The first-order chi connectivity index (χ1) is 7.66. The van der Waals surface area contributed by atoms with Crippen molar-refractivity contribution in [3.63, 3.8) is 0 Å². The molecule has 0 radical (unpaired) electrons. The Bertz CT molecular complexity index is 431. The molecule has 0 spiro atoms. The summed E-state index contributed by atoms with van der Waals surface area (Å²) in [7, 11) is 0. The minimum atomic E-state index is -0.619. The van der Waals surface area contributed by atoms with Crippen molar-refractivity contribution in [2.24, 2.45) is 5.92 Å². The van der Waals surface area contributed by atoms with Crippen LogP contribution in [0.5, 0.6) is 0 Å². The number of amides is 1. The van der Waals surface area contributed by atoms with Crippen LogP contribution in [0.4, 0.5) is 4.39 Å². The van der Waals surface area contributed by atoms with Crippen molar-refractivity contribution in [2.75, 3.05) is 13.1 Å². The molecule has 84 valence electrons. The number of rotatable bonds is 1. The second-order valence-corrected chi connectivity index (χ2v) is 3.98. The molecule has 1 aliphatic rings.